The van der Waals surface area contributed by atoms with Crippen molar-refractivity contribution in [2.75, 3.05) is 11.6 Å². The molecule has 2 rings (SSSR count). The summed E-state index contributed by atoms with van der Waals surface area (Å²) in [7, 11) is 0. The zero-order valence-electron chi connectivity index (χ0n) is 8.79. The monoisotopic (exact) mass is 207 g/mol. The highest BCUT2D eigenvalue weighted by Gasteiger charge is 2.25. The first kappa shape index (κ1) is 9.91. The minimum Gasteiger partial charge on any atom is -0.382 e. The molecule has 1 aliphatic rings. The summed E-state index contributed by atoms with van der Waals surface area (Å²) in [5.41, 5.74) is 1.26. The molecule has 1 aliphatic carbocycles. The lowest BCUT2D eigenvalue weighted by Crippen LogP contribution is -2.36. The minimum atomic E-state index is 0.704. The van der Waals surface area contributed by atoms with Gasteiger partial charge in [0.05, 0.1) is 0 Å². The molecule has 14 heavy (non-hydrogen) atoms. The van der Waals surface area contributed by atoms with Gasteiger partial charge in [-0.1, -0.05) is 6.92 Å². The molecule has 2 atom stereocenters. The Morgan fingerprint density at radius 1 is 1.21 bits per heavy atom. The molecule has 1 nitrogen and oxygen atoms in total. The van der Waals surface area contributed by atoms with E-state index in [0.29, 0.717) is 6.04 Å². The summed E-state index contributed by atoms with van der Waals surface area (Å²) in [5.74, 6) is 0.843. The predicted molar refractivity (Wildman–Crippen MR) is 64.0 cm³/mol. The first-order valence-electron chi connectivity index (χ1n) is 5.20. The quantitative estimate of drug-likeness (QED) is 0.760. The van der Waals surface area contributed by atoms with Crippen LogP contribution in [0, 0.1) is 5.92 Å². The summed E-state index contributed by atoms with van der Waals surface area (Å²) in [6.45, 7) is 2.32. The normalized spacial score (nSPS) is 25.6. The van der Waals surface area contributed by atoms with Crippen molar-refractivity contribution in [3.8, 4) is 0 Å². The van der Waals surface area contributed by atoms with E-state index in [2.05, 4.69) is 42.8 Å². The van der Waals surface area contributed by atoms with E-state index >= 15 is 0 Å². The number of benzene rings is 1. The van der Waals surface area contributed by atoms with Crippen molar-refractivity contribution < 1.29 is 0 Å². The van der Waals surface area contributed by atoms with Crippen LogP contribution in [0.1, 0.15) is 19.8 Å². The maximum atomic E-state index is 3.57. The van der Waals surface area contributed by atoms with Gasteiger partial charge in [0.2, 0.25) is 0 Å². The van der Waals surface area contributed by atoms with Gasteiger partial charge in [-0.2, -0.15) is 0 Å². The smallest absolute Gasteiger partial charge is 0.0343 e. The highest BCUT2D eigenvalue weighted by atomic mass is 32.2. The van der Waals surface area contributed by atoms with Crippen LogP contribution in [0.5, 0.6) is 0 Å². The summed E-state index contributed by atoms with van der Waals surface area (Å²) in [6.07, 6.45) is 4.81. The second-order valence-corrected chi connectivity index (χ2v) is 4.91. The van der Waals surface area contributed by atoms with E-state index in [1.807, 2.05) is 0 Å². The highest BCUT2D eigenvalue weighted by Crippen LogP contribution is 2.30. The van der Waals surface area contributed by atoms with Crippen molar-refractivity contribution in [2.45, 2.75) is 30.7 Å². The Morgan fingerprint density at radius 2 is 1.93 bits per heavy atom. The molecule has 0 bridgehead atoms. The van der Waals surface area contributed by atoms with Crippen LogP contribution in [0.15, 0.2) is 29.2 Å². The van der Waals surface area contributed by atoms with Crippen LogP contribution in [0.4, 0.5) is 5.69 Å². The SMILES string of the molecule is CSc1ccc(NC2CCC2C)cc1. The van der Waals surface area contributed by atoms with E-state index in [9.17, 15) is 0 Å². The molecule has 0 spiro atoms. The zero-order valence-corrected chi connectivity index (χ0v) is 9.60. The topological polar surface area (TPSA) is 12.0 Å². The molecule has 1 aromatic carbocycles. The number of anilines is 1. The van der Waals surface area contributed by atoms with Crippen molar-refractivity contribution >= 4 is 17.4 Å². The maximum Gasteiger partial charge on any atom is 0.0343 e. The largest absolute Gasteiger partial charge is 0.382 e. The summed E-state index contributed by atoms with van der Waals surface area (Å²) < 4.78 is 0. The first-order valence-corrected chi connectivity index (χ1v) is 6.42. The molecule has 1 N–H and O–H groups in total. The number of rotatable bonds is 3. The standard InChI is InChI=1S/C12H17NS/c1-9-3-8-12(9)13-10-4-6-11(14-2)7-5-10/h4-7,9,12-13H,3,8H2,1-2H3. The number of hydrogen-bond acceptors (Lipinski definition) is 2. The third-order valence-corrected chi connectivity index (χ3v) is 3.81. The third kappa shape index (κ3) is 2.06. The molecule has 2 unspecified atom stereocenters. The molecule has 1 aromatic rings. The van der Waals surface area contributed by atoms with E-state index in [0.717, 1.165) is 5.92 Å². The fourth-order valence-corrected chi connectivity index (χ4v) is 2.19. The van der Waals surface area contributed by atoms with Gasteiger partial charge in [0, 0.05) is 16.6 Å². The Bertz CT molecular complexity index is 294. The molecule has 0 radical (unpaired) electrons. The van der Waals surface area contributed by atoms with Crippen molar-refractivity contribution in [1.82, 2.24) is 0 Å². The van der Waals surface area contributed by atoms with Crippen LogP contribution in [0.25, 0.3) is 0 Å². The summed E-state index contributed by atoms with van der Waals surface area (Å²) in [5, 5.41) is 3.57. The molecular formula is C12H17NS. The molecule has 0 saturated heterocycles. The van der Waals surface area contributed by atoms with Gasteiger partial charge in [-0.3, -0.25) is 0 Å². The average Bonchev–Trinajstić information content (AvgIpc) is 2.24. The van der Waals surface area contributed by atoms with Crippen LogP contribution < -0.4 is 5.32 Å². The van der Waals surface area contributed by atoms with Crippen molar-refractivity contribution in [2.24, 2.45) is 5.92 Å². The van der Waals surface area contributed by atoms with E-state index in [-0.39, 0.29) is 0 Å². The van der Waals surface area contributed by atoms with Crippen molar-refractivity contribution in [3.63, 3.8) is 0 Å². The van der Waals surface area contributed by atoms with Gasteiger partial charge in [-0.25, -0.2) is 0 Å². The highest BCUT2D eigenvalue weighted by molar-refractivity contribution is 7.98. The molecule has 76 valence electrons. The zero-order chi connectivity index (χ0) is 9.97. The maximum absolute atomic E-state index is 3.57. The molecule has 0 amide bonds. The van der Waals surface area contributed by atoms with Gasteiger partial charge in [-0.15, -0.1) is 11.8 Å². The van der Waals surface area contributed by atoms with E-state index in [1.165, 1.54) is 23.4 Å². The number of hydrogen-bond donors (Lipinski definition) is 1. The lowest BCUT2D eigenvalue weighted by Gasteiger charge is -2.35. The van der Waals surface area contributed by atoms with E-state index in [1.54, 1.807) is 11.8 Å². The Kier molecular flexibility index (Phi) is 3.02. The molecule has 2 heteroatoms. The predicted octanol–water partition coefficient (Wildman–Crippen LogP) is 3.62. The molecule has 1 saturated carbocycles. The Morgan fingerprint density at radius 3 is 2.36 bits per heavy atom. The van der Waals surface area contributed by atoms with E-state index in [4.69, 9.17) is 0 Å². The summed E-state index contributed by atoms with van der Waals surface area (Å²) in [6, 6.07) is 9.41. The van der Waals surface area contributed by atoms with Crippen LogP contribution in [-0.4, -0.2) is 12.3 Å². The van der Waals surface area contributed by atoms with Gasteiger partial charge in [0.25, 0.3) is 0 Å². The number of nitrogens with one attached hydrogen (secondary N) is 1. The molecule has 0 aliphatic heterocycles. The fourth-order valence-electron chi connectivity index (χ4n) is 1.78. The van der Waals surface area contributed by atoms with Gasteiger partial charge in [0.15, 0.2) is 0 Å². The third-order valence-electron chi connectivity index (χ3n) is 3.06. The van der Waals surface area contributed by atoms with Gasteiger partial charge >= 0.3 is 0 Å². The molecule has 0 aromatic heterocycles. The summed E-state index contributed by atoms with van der Waals surface area (Å²) >= 11 is 1.79. The van der Waals surface area contributed by atoms with Crippen LogP contribution in [0.2, 0.25) is 0 Å². The van der Waals surface area contributed by atoms with E-state index < -0.39 is 0 Å². The lowest BCUT2D eigenvalue weighted by atomic mass is 9.81. The Balaban J connectivity index is 1.96. The van der Waals surface area contributed by atoms with Crippen LogP contribution in [-0.2, 0) is 0 Å². The minimum absolute atomic E-state index is 0.704. The van der Waals surface area contributed by atoms with Gasteiger partial charge < -0.3 is 5.32 Å². The fraction of sp³-hybridized carbons (Fsp3) is 0.500. The van der Waals surface area contributed by atoms with Crippen LogP contribution in [0.3, 0.4) is 0 Å². The van der Waals surface area contributed by atoms with Crippen molar-refractivity contribution in [3.05, 3.63) is 24.3 Å². The molecule has 1 fully saturated rings. The Hall–Kier alpha value is -0.630. The summed E-state index contributed by atoms with van der Waals surface area (Å²) in [4.78, 5) is 1.33. The molecule has 0 heterocycles. The second-order valence-electron chi connectivity index (χ2n) is 4.03. The number of thioether (sulfide) groups is 1. The first-order chi connectivity index (χ1) is 6.79. The van der Waals surface area contributed by atoms with Crippen molar-refractivity contribution in [1.29, 1.82) is 0 Å². The lowest BCUT2D eigenvalue weighted by molar-refractivity contribution is 0.303. The van der Waals surface area contributed by atoms with Gasteiger partial charge in [-0.05, 0) is 49.3 Å². The molecular weight excluding hydrogens is 190 g/mol. The second kappa shape index (κ2) is 4.26. The average molecular weight is 207 g/mol. The van der Waals surface area contributed by atoms with Crippen LogP contribution >= 0.6 is 11.8 Å². The Labute approximate surface area is 90.3 Å². The van der Waals surface area contributed by atoms with Gasteiger partial charge in [0.1, 0.15) is 0 Å².